The predicted molar refractivity (Wildman–Crippen MR) is 245 cm³/mol. The number of anilines is 3. The predicted octanol–water partition coefficient (Wildman–Crippen LogP) is 15.5. The van der Waals surface area contributed by atoms with E-state index < -0.39 is 0 Å². The monoisotopic (exact) mass is 757 g/mol. The highest BCUT2D eigenvalue weighted by Crippen LogP contribution is 2.60. The Morgan fingerprint density at radius 2 is 1.08 bits per heavy atom. The highest BCUT2D eigenvalue weighted by molar-refractivity contribution is 5.97. The third-order valence-electron chi connectivity index (χ3n) is 12.5. The number of hydrogen-bond acceptors (Lipinski definition) is 2. The molecule has 8 aromatic carbocycles. The Morgan fingerprint density at radius 3 is 1.69 bits per heavy atom. The summed E-state index contributed by atoms with van der Waals surface area (Å²) in [6.07, 6.45) is 9.02. The van der Waals surface area contributed by atoms with Gasteiger partial charge in [-0.2, -0.15) is 0 Å². The van der Waals surface area contributed by atoms with Crippen molar-refractivity contribution in [3.05, 3.63) is 234 Å². The van der Waals surface area contributed by atoms with Gasteiger partial charge in [-0.1, -0.05) is 181 Å². The van der Waals surface area contributed by atoms with Crippen LogP contribution < -0.4 is 9.64 Å². The molecule has 59 heavy (non-hydrogen) atoms. The Balaban J connectivity index is 1.07. The second kappa shape index (κ2) is 14.0. The van der Waals surface area contributed by atoms with E-state index in [1.165, 1.54) is 55.6 Å². The molecule has 2 aliphatic carbocycles. The summed E-state index contributed by atoms with van der Waals surface area (Å²) in [5, 5.41) is 0. The largest absolute Gasteiger partial charge is 0.453 e. The first kappa shape index (κ1) is 35.0. The quantitative estimate of drug-likeness (QED) is 0.167. The molecule has 1 heterocycles. The van der Waals surface area contributed by atoms with Crippen LogP contribution in [0.25, 0.3) is 44.5 Å². The van der Waals surface area contributed by atoms with E-state index in [2.05, 4.69) is 219 Å². The zero-order valence-electron chi connectivity index (χ0n) is 33.3. The summed E-state index contributed by atoms with van der Waals surface area (Å²) in [6, 6.07) is 66.6. The first-order chi connectivity index (χ1) is 29.1. The fourth-order valence-electron chi connectivity index (χ4n) is 9.88. The van der Waals surface area contributed by atoms with Crippen LogP contribution in [0.4, 0.5) is 17.1 Å². The standard InChI is InChI=1S/C57H43NO/c1-38-23-30-48-50(34-38)57(45-19-11-5-12-20-45,46-21-13-6-14-22-46)51-35-39(2)33-49(56(48)51)42-24-28-47(29-25-42)58-52-31-26-43(40-15-7-3-8-16-40)36-54(52)59-55-37-44(27-32-53(55)58)41-17-9-4-10-18-41/h3-13,15-21,23-37H,14,22H2,1-2H3. The van der Waals surface area contributed by atoms with Crippen LogP contribution in [0.5, 0.6) is 11.5 Å². The van der Waals surface area contributed by atoms with Crippen LogP contribution in [-0.4, -0.2) is 0 Å². The lowest BCUT2D eigenvalue weighted by Crippen LogP contribution is -2.30. The van der Waals surface area contributed by atoms with E-state index in [1.54, 1.807) is 0 Å². The minimum absolute atomic E-state index is 0.373. The van der Waals surface area contributed by atoms with E-state index in [0.717, 1.165) is 63.7 Å². The highest BCUT2D eigenvalue weighted by atomic mass is 16.5. The van der Waals surface area contributed by atoms with Crippen molar-refractivity contribution in [2.24, 2.45) is 0 Å². The summed E-state index contributed by atoms with van der Waals surface area (Å²) >= 11 is 0. The maximum atomic E-state index is 6.81. The van der Waals surface area contributed by atoms with Gasteiger partial charge in [-0.25, -0.2) is 0 Å². The molecule has 0 fully saturated rings. The molecule has 3 aliphatic rings. The molecule has 1 atom stereocenters. The zero-order chi connectivity index (χ0) is 39.5. The van der Waals surface area contributed by atoms with Crippen molar-refractivity contribution in [2.45, 2.75) is 32.1 Å². The normalized spacial score (nSPS) is 16.0. The minimum atomic E-state index is -0.373. The number of allylic oxidation sites excluding steroid dienone is 4. The van der Waals surface area contributed by atoms with Gasteiger partial charge in [0.2, 0.25) is 0 Å². The molecule has 2 heteroatoms. The smallest absolute Gasteiger partial charge is 0.152 e. The van der Waals surface area contributed by atoms with Crippen LogP contribution in [0.3, 0.4) is 0 Å². The fraction of sp³-hybridized carbons (Fsp3) is 0.0877. The minimum Gasteiger partial charge on any atom is -0.453 e. The Hall–Kier alpha value is -7.16. The molecule has 0 saturated heterocycles. The van der Waals surface area contributed by atoms with Crippen molar-refractivity contribution < 1.29 is 4.74 Å². The molecular formula is C57H43NO. The topological polar surface area (TPSA) is 12.5 Å². The van der Waals surface area contributed by atoms with Crippen molar-refractivity contribution in [3.8, 4) is 56.0 Å². The lowest BCUT2D eigenvalue weighted by molar-refractivity contribution is 0.477. The molecule has 0 amide bonds. The van der Waals surface area contributed by atoms with Crippen LogP contribution in [0, 0.1) is 13.8 Å². The molecule has 2 nitrogen and oxygen atoms in total. The highest BCUT2D eigenvalue weighted by Gasteiger charge is 2.48. The molecule has 8 aromatic rings. The molecule has 282 valence electrons. The molecule has 0 saturated carbocycles. The Kier molecular flexibility index (Phi) is 8.34. The molecule has 0 bridgehead atoms. The van der Waals surface area contributed by atoms with Crippen molar-refractivity contribution >= 4 is 17.1 Å². The number of rotatable bonds is 6. The summed E-state index contributed by atoms with van der Waals surface area (Å²) in [5.41, 5.74) is 20.5. The molecule has 0 N–H and O–H groups in total. The molecule has 1 aliphatic heterocycles. The van der Waals surface area contributed by atoms with Crippen LogP contribution in [0.2, 0.25) is 0 Å². The van der Waals surface area contributed by atoms with Gasteiger partial charge in [0.25, 0.3) is 0 Å². The van der Waals surface area contributed by atoms with Crippen molar-refractivity contribution in [2.75, 3.05) is 4.90 Å². The lowest BCUT2D eigenvalue weighted by Gasteiger charge is -2.37. The number of fused-ring (bicyclic) bond motifs is 5. The number of ether oxygens (including phenoxy) is 1. The molecule has 0 aromatic heterocycles. The third kappa shape index (κ3) is 5.70. The summed E-state index contributed by atoms with van der Waals surface area (Å²) in [7, 11) is 0. The third-order valence-corrected chi connectivity index (χ3v) is 12.5. The first-order valence-corrected chi connectivity index (χ1v) is 20.7. The van der Waals surface area contributed by atoms with Crippen LogP contribution in [-0.2, 0) is 5.41 Å². The van der Waals surface area contributed by atoms with Gasteiger partial charge < -0.3 is 9.64 Å². The lowest BCUT2D eigenvalue weighted by atomic mass is 9.65. The van der Waals surface area contributed by atoms with Gasteiger partial charge in [-0.05, 0) is 124 Å². The van der Waals surface area contributed by atoms with Crippen molar-refractivity contribution in [1.82, 2.24) is 0 Å². The molecular weight excluding hydrogens is 715 g/mol. The maximum absolute atomic E-state index is 6.81. The van der Waals surface area contributed by atoms with Gasteiger partial charge in [0.1, 0.15) is 0 Å². The van der Waals surface area contributed by atoms with Gasteiger partial charge in [0, 0.05) is 5.69 Å². The Labute approximate surface area is 347 Å². The first-order valence-electron chi connectivity index (χ1n) is 20.7. The summed E-state index contributed by atoms with van der Waals surface area (Å²) in [6.45, 7) is 4.48. The van der Waals surface area contributed by atoms with Gasteiger partial charge >= 0.3 is 0 Å². The average Bonchev–Trinajstić information content (AvgIpc) is 3.58. The van der Waals surface area contributed by atoms with Crippen molar-refractivity contribution in [3.63, 3.8) is 0 Å². The Bertz CT molecular complexity index is 2870. The van der Waals surface area contributed by atoms with Crippen LogP contribution >= 0.6 is 0 Å². The van der Waals surface area contributed by atoms with E-state index in [0.29, 0.717) is 0 Å². The second-order valence-electron chi connectivity index (χ2n) is 16.1. The van der Waals surface area contributed by atoms with E-state index >= 15 is 0 Å². The summed E-state index contributed by atoms with van der Waals surface area (Å²) in [5.74, 6) is 1.67. The van der Waals surface area contributed by atoms with Gasteiger partial charge in [-0.15, -0.1) is 0 Å². The van der Waals surface area contributed by atoms with E-state index in [4.69, 9.17) is 4.74 Å². The van der Waals surface area contributed by atoms with Gasteiger partial charge in [-0.3, -0.25) is 0 Å². The number of hydrogen-bond donors (Lipinski definition) is 0. The van der Waals surface area contributed by atoms with E-state index in [-0.39, 0.29) is 5.41 Å². The van der Waals surface area contributed by atoms with Gasteiger partial charge in [0.15, 0.2) is 11.5 Å². The number of aryl methyl sites for hydroxylation is 2. The SMILES string of the molecule is Cc1ccc2c(c1)C(C1=CC=CCC1)(c1ccccc1)c1cc(C)cc(-c3ccc(N4c5ccc(-c6ccccc6)cc5Oc5cc(-c6ccccc6)ccc54)cc3)c1-2. The summed E-state index contributed by atoms with van der Waals surface area (Å²) in [4.78, 5) is 2.35. The zero-order valence-corrected chi connectivity index (χ0v) is 33.3. The fourth-order valence-corrected chi connectivity index (χ4v) is 9.88. The molecule has 11 rings (SSSR count). The van der Waals surface area contributed by atoms with E-state index in [1.807, 2.05) is 0 Å². The molecule has 0 radical (unpaired) electrons. The number of benzene rings is 8. The van der Waals surface area contributed by atoms with Crippen molar-refractivity contribution in [1.29, 1.82) is 0 Å². The second-order valence-corrected chi connectivity index (χ2v) is 16.1. The summed E-state index contributed by atoms with van der Waals surface area (Å²) < 4.78 is 6.81. The van der Waals surface area contributed by atoms with Crippen LogP contribution in [0.15, 0.2) is 206 Å². The van der Waals surface area contributed by atoms with E-state index in [9.17, 15) is 0 Å². The Morgan fingerprint density at radius 1 is 0.492 bits per heavy atom. The maximum Gasteiger partial charge on any atom is 0.152 e. The average molecular weight is 758 g/mol. The van der Waals surface area contributed by atoms with Crippen LogP contribution in [0.1, 0.15) is 40.7 Å². The molecule has 1 unspecified atom stereocenters. The van der Waals surface area contributed by atoms with Gasteiger partial charge in [0.05, 0.1) is 16.8 Å². The molecule has 0 spiro atoms. The number of nitrogens with zero attached hydrogens (tertiary/aromatic N) is 1.